The van der Waals surface area contributed by atoms with Gasteiger partial charge < -0.3 is 9.52 Å². The molecule has 2 aromatic heterocycles. The van der Waals surface area contributed by atoms with Crippen molar-refractivity contribution >= 4 is 17.1 Å². The van der Waals surface area contributed by atoms with E-state index in [1.807, 2.05) is 30.3 Å². The lowest BCUT2D eigenvalue weighted by Gasteiger charge is -2.03. The molecule has 1 N–H and O–H groups in total. The van der Waals surface area contributed by atoms with Crippen molar-refractivity contribution < 1.29 is 14.3 Å². The number of carboxylic acids is 1. The van der Waals surface area contributed by atoms with Crippen LogP contribution in [0, 0.1) is 0 Å². The van der Waals surface area contributed by atoms with Crippen LogP contribution >= 0.6 is 0 Å². The molecule has 5 heteroatoms. The molecule has 0 aliphatic rings. The molecule has 94 valence electrons. The van der Waals surface area contributed by atoms with Gasteiger partial charge in [-0.2, -0.15) is 0 Å². The van der Waals surface area contributed by atoms with Crippen LogP contribution in [0.25, 0.3) is 11.1 Å². The van der Waals surface area contributed by atoms with Gasteiger partial charge in [0.05, 0.1) is 12.0 Å². The van der Waals surface area contributed by atoms with E-state index in [-0.39, 0.29) is 5.82 Å². The number of carbonyl (C=O) groups is 1. The molecule has 0 saturated heterocycles. The molecule has 0 saturated carbocycles. The summed E-state index contributed by atoms with van der Waals surface area (Å²) in [4.78, 5) is 19.0. The number of aromatic carboxylic acids is 1. The highest BCUT2D eigenvalue weighted by Gasteiger charge is 2.15. The molecule has 0 fully saturated rings. The zero-order valence-electron chi connectivity index (χ0n) is 9.91. The summed E-state index contributed by atoms with van der Waals surface area (Å²) < 4.78 is 5.34. The molecule has 0 aliphatic heterocycles. The highest BCUT2D eigenvalue weighted by molar-refractivity contribution is 5.86. The molecular weight excluding hydrogens is 244 g/mol. The Morgan fingerprint density at radius 3 is 2.68 bits per heavy atom. The maximum Gasteiger partial charge on any atom is 0.373 e. The Hall–Kier alpha value is -2.69. The van der Waals surface area contributed by atoms with Crippen molar-refractivity contribution in [2.75, 3.05) is 0 Å². The molecule has 19 heavy (non-hydrogen) atoms. The Morgan fingerprint density at radius 1 is 1.16 bits per heavy atom. The summed E-state index contributed by atoms with van der Waals surface area (Å²) in [6, 6.07) is 11.3. The Labute approximate surface area is 108 Å². The van der Waals surface area contributed by atoms with E-state index >= 15 is 0 Å². The number of nitrogens with zero attached hydrogens (tertiary/aromatic N) is 2. The lowest BCUT2D eigenvalue weighted by molar-refractivity contribution is 0.0683. The number of rotatable bonds is 3. The maximum atomic E-state index is 11.0. The summed E-state index contributed by atoms with van der Waals surface area (Å²) in [5.41, 5.74) is 2.67. The Morgan fingerprint density at radius 2 is 1.95 bits per heavy atom. The SMILES string of the molecule is O=C(O)c1nc(Cc2ccccc2)c2occc2n1. The summed E-state index contributed by atoms with van der Waals surface area (Å²) in [6.07, 6.45) is 1.99. The van der Waals surface area contributed by atoms with Crippen molar-refractivity contribution in [1.82, 2.24) is 9.97 Å². The first kappa shape index (κ1) is 11.4. The van der Waals surface area contributed by atoms with Gasteiger partial charge in [0.25, 0.3) is 0 Å². The van der Waals surface area contributed by atoms with Crippen LogP contribution in [0.4, 0.5) is 0 Å². The van der Waals surface area contributed by atoms with E-state index in [1.165, 1.54) is 6.26 Å². The van der Waals surface area contributed by atoms with E-state index in [0.29, 0.717) is 23.2 Å². The lowest BCUT2D eigenvalue weighted by atomic mass is 10.1. The number of hydrogen-bond acceptors (Lipinski definition) is 4. The molecule has 3 rings (SSSR count). The quantitative estimate of drug-likeness (QED) is 0.777. The van der Waals surface area contributed by atoms with Crippen LogP contribution in [0.3, 0.4) is 0 Å². The van der Waals surface area contributed by atoms with Crippen molar-refractivity contribution in [3.8, 4) is 0 Å². The molecule has 3 aromatic rings. The van der Waals surface area contributed by atoms with Gasteiger partial charge in [0.2, 0.25) is 5.82 Å². The molecule has 0 radical (unpaired) electrons. The van der Waals surface area contributed by atoms with E-state index in [4.69, 9.17) is 9.52 Å². The van der Waals surface area contributed by atoms with Gasteiger partial charge in [-0.15, -0.1) is 0 Å². The Balaban J connectivity index is 2.11. The van der Waals surface area contributed by atoms with Crippen LogP contribution in [0.15, 0.2) is 47.1 Å². The highest BCUT2D eigenvalue weighted by Crippen LogP contribution is 2.19. The van der Waals surface area contributed by atoms with Crippen LogP contribution in [0.5, 0.6) is 0 Å². The van der Waals surface area contributed by atoms with Gasteiger partial charge in [-0.1, -0.05) is 30.3 Å². The second-order valence-corrected chi connectivity index (χ2v) is 4.10. The third kappa shape index (κ3) is 2.18. The van der Waals surface area contributed by atoms with Crippen molar-refractivity contribution in [3.05, 3.63) is 59.7 Å². The van der Waals surface area contributed by atoms with Crippen LogP contribution in [-0.2, 0) is 6.42 Å². The van der Waals surface area contributed by atoms with Crippen molar-refractivity contribution in [2.45, 2.75) is 6.42 Å². The fourth-order valence-corrected chi connectivity index (χ4v) is 1.93. The van der Waals surface area contributed by atoms with Crippen LogP contribution in [0.2, 0.25) is 0 Å². The second kappa shape index (κ2) is 4.53. The zero-order chi connectivity index (χ0) is 13.2. The molecule has 5 nitrogen and oxygen atoms in total. The monoisotopic (exact) mass is 254 g/mol. The molecule has 0 atom stereocenters. The van der Waals surface area contributed by atoms with E-state index in [9.17, 15) is 4.79 Å². The summed E-state index contributed by atoms with van der Waals surface area (Å²) >= 11 is 0. The molecule has 0 spiro atoms. The number of benzene rings is 1. The van der Waals surface area contributed by atoms with Gasteiger partial charge >= 0.3 is 5.97 Å². The fourth-order valence-electron chi connectivity index (χ4n) is 1.93. The van der Waals surface area contributed by atoms with E-state index in [1.54, 1.807) is 6.07 Å². The van der Waals surface area contributed by atoms with Crippen molar-refractivity contribution in [2.24, 2.45) is 0 Å². The van der Waals surface area contributed by atoms with E-state index < -0.39 is 5.97 Å². The molecule has 1 aromatic carbocycles. The largest absolute Gasteiger partial charge is 0.475 e. The first-order chi connectivity index (χ1) is 9.24. The zero-order valence-corrected chi connectivity index (χ0v) is 9.91. The first-order valence-corrected chi connectivity index (χ1v) is 5.75. The van der Waals surface area contributed by atoms with Gasteiger partial charge in [0, 0.05) is 12.5 Å². The molecule has 2 heterocycles. The second-order valence-electron chi connectivity index (χ2n) is 4.10. The molecule has 0 unspecified atom stereocenters. The third-order valence-corrected chi connectivity index (χ3v) is 2.78. The van der Waals surface area contributed by atoms with Gasteiger partial charge in [-0.25, -0.2) is 14.8 Å². The highest BCUT2D eigenvalue weighted by atomic mass is 16.4. The topological polar surface area (TPSA) is 76.2 Å². The number of aromatic nitrogens is 2. The number of furan rings is 1. The molecule has 0 bridgehead atoms. The minimum absolute atomic E-state index is 0.208. The van der Waals surface area contributed by atoms with Gasteiger partial charge in [-0.3, -0.25) is 0 Å². The van der Waals surface area contributed by atoms with Crippen molar-refractivity contribution in [1.29, 1.82) is 0 Å². The van der Waals surface area contributed by atoms with Gasteiger partial charge in [0.1, 0.15) is 5.52 Å². The summed E-state index contributed by atoms with van der Waals surface area (Å²) in [5.74, 6) is -1.35. The predicted octanol–water partition coefficient (Wildman–Crippen LogP) is 2.51. The normalized spacial score (nSPS) is 10.7. The first-order valence-electron chi connectivity index (χ1n) is 5.75. The average Bonchev–Trinajstić information content (AvgIpc) is 2.88. The van der Waals surface area contributed by atoms with Crippen molar-refractivity contribution in [3.63, 3.8) is 0 Å². The van der Waals surface area contributed by atoms with E-state index in [2.05, 4.69) is 9.97 Å². The molecule has 0 aliphatic carbocycles. The molecular formula is C14H10N2O3. The minimum Gasteiger partial charge on any atom is -0.475 e. The fraction of sp³-hybridized carbons (Fsp3) is 0.0714. The third-order valence-electron chi connectivity index (χ3n) is 2.78. The van der Waals surface area contributed by atoms with Crippen LogP contribution in [-0.4, -0.2) is 21.0 Å². The summed E-state index contributed by atoms with van der Waals surface area (Å²) in [6.45, 7) is 0. The Kier molecular flexibility index (Phi) is 2.72. The van der Waals surface area contributed by atoms with Crippen LogP contribution in [0.1, 0.15) is 21.9 Å². The number of carboxylic acid groups (broad SMARTS) is 1. The predicted molar refractivity (Wildman–Crippen MR) is 68.0 cm³/mol. The number of fused-ring (bicyclic) bond motifs is 1. The number of hydrogen-bond donors (Lipinski definition) is 1. The smallest absolute Gasteiger partial charge is 0.373 e. The Bertz CT molecular complexity index is 735. The van der Waals surface area contributed by atoms with E-state index in [0.717, 1.165) is 5.56 Å². The standard InChI is InChI=1S/C14H10N2O3/c17-14(18)13-15-10-6-7-19-12(10)11(16-13)8-9-4-2-1-3-5-9/h1-7H,8H2,(H,17,18). The van der Waals surface area contributed by atoms with Crippen LogP contribution < -0.4 is 0 Å². The minimum atomic E-state index is -1.14. The van der Waals surface area contributed by atoms with Gasteiger partial charge in [0.15, 0.2) is 5.58 Å². The summed E-state index contributed by atoms with van der Waals surface area (Å²) in [7, 11) is 0. The maximum absolute atomic E-state index is 11.0. The summed E-state index contributed by atoms with van der Waals surface area (Å²) in [5, 5.41) is 9.02. The molecule has 0 amide bonds. The van der Waals surface area contributed by atoms with Gasteiger partial charge in [-0.05, 0) is 5.56 Å². The average molecular weight is 254 g/mol. The lowest BCUT2D eigenvalue weighted by Crippen LogP contribution is -2.07.